The minimum Gasteiger partial charge on any atom is -0.345 e. The van der Waals surface area contributed by atoms with Gasteiger partial charge >= 0.3 is 0 Å². The summed E-state index contributed by atoms with van der Waals surface area (Å²) in [6.45, 7) is 6.55. The highest BCUT2D eigenvalue weighted by Gasteiger charge is 2.17. The zero-order chi connectivity index (χ0) is 21.9. The summed E-state index contributed by atoms with van der Waals surface area (Å²) >= 11 is 5.13. The van der Waals surface area contributed by atoms with E-state index < -0.39 is 10.0 Å². The van der Waals surface area contributed by atoms with Crippen LogP contribution >= 0.6 is 12.2 Å². The molecule has 3 rings (SSSR count). The summed E-state index contributed by atoms with van der Waals surface area (Å²) in [5, 5.41) is 9.55. The molecule has 3 N–H and O–H groups in total. The number of hydrogen-bond acceptors (Lipinski definition) is 5. The number of carbonyl (C=O) groups excluding carboxylic acids is 1. The fourth-order valence-electron chi connectivity index (χ4n) is 2.92. The number of nitrogens with zero attached hydrogens (tertiary/aromatic N) is 2. The van der Waals surface area contributed by atoms with E-state index in [1.54, 1.807) is 16.7 Å². The topological polar surface area (TPSA) is 109 Å². The normalized spacial score (nSPS) is 11.3. The third-order valence-electron chi connectivity index (χ3n) is 4.84. The molecule has 1 amide bonds. The lowest BCUT2D eigenvalue weighted by molar-refractivity contribution is 0.0949. The van der Waals surface area contributed by atoms with Gasteiger partial charge in [0.2, 0.25) is 0 Å². The molecule has 0 radical (unpaired) electrons. The van der Waals surface area contributed by atoms with E-state index in [1.165, 1.54) is 24.3 Å². The Morgan fingerprint density at radius 2 is 1.87 bits per heavy atom. The molecule has 158 valence electrons. The molecule has 30 heavy (non-hydrogen) atoms. The van der Waals surface area contributed by atoms with Gasteiger partial charge in [0, 0.05) is 12.1 Å². The Bertz CT molecular complexity index is 1230. The van der Waals surface area contributed by atoms with Crippen molar-refractivity contribution in [1.29, 1.82) is 0 Å². The molecular weight excluding hydrogens is 422 g/mol. The molecule has 0 fully saturated rings. The van der Waals surface area contributed by atoms with Gasteiger partial charge in [-0.3, -0.25) is 14.6 Å². The van der Waals surface area contributed by atoms with Crippen molar-refractivity contribution in [2.75, 3.05) is 4.72 Å². The lowest BCUT2D eigenvalue weighted by atomic mass is 10.1. The molecule has 0 spiro atoms. The van der Waals surface area contributed by atoms with E-state index in [9.17, 15) is 13.2 Å². The van der Waals surface area contributed by atoms with E-state index in [-0.39, 0.29) is 17.3 Å². The number of hydrogen-bond donors (Lipinski definition) is 3. The van der Waals surface area contributed by atoms with Crippen LogP contribution < -0.4 is 10.0 Å². The summed E-state index contributed by atoms with van der Waals surface area (Å²) < 4.78 is 30.3. The van der Waals surface area contributed by atoms with Gasteiger partial charge in [-0.25, -0.2) is 8.42 Å². The van der Waals surface area contributed by atoms with Gasteiger partial charge in [-0.2, -0.15) is 5.10 Å². The molecule has 1 aromatic heterocycles. The maximum atomic E-state index is 12.7. The van der Waals surface area contributed by atoms with Crippen LogP contribution in [0.1, 0.15) is 34.2 Å². The minimum absolute atomic E-state index is 0.0758. The minimum atomic E-state index is -3.77. The Hall–Kier alpha value is -2.98. The number of aryl methyl sites for hydroxylation is 1. The molecule has 1 heterocycles. The van der Waals surface area contributed by atoms with Crippen LogP contribution in [0, 0.1) is 18.6 Å². The SMILES string of the molecule is CCn1c(CNC(=O)c2ccc(S(=O)(=O)Nc3cccc(C)c3C)cc2)n[nH]c1=S. The Labute approximate surface area is 180 Å². The van der Waals surface area contributed by atoms with E-state index in [0.29, 0.717) is 28.4 Å². The average Bonchev–Trinajstić information content (AvgIpc) is 3.09. The summed E-state index contributed by atoms with van der Waals surface area (Å²) in [4.78, 5) is 12.5. The number of aromatic amines is 1. The van der Waals surface area contributed by atoms with Gasteiger partial charge in [0.05, 0.1) is 17.1 Å². The first-order chi connectivity index (χ1) is 14.2. The van der Waals surface area contributed by atoms with Crippen LogP contribution in [-0.4, -0.2) is 29.1 Å². The summed E-state index contributed by atoms with van der Waals surface area (Å²) in [7, 11) is -3.77. The largest absolute Gasteiger partial charge is 0.345 e. The van der Waals surface area contributed by atoms with E-state index in [0.717, 1.165) is 11.1 Å². The Balaban J connectivity index is 1.71. The molecule has 2 aromatic carbocycles. The number of nitrogens with one attached hydrogen (secondary N) is 3. The lowest BCUT2D eigenvalue weighted by Crippen LogP contribution is -2.25. The zero-order valence-corrected chi connectivity index (χ0v) is 18.5. The summed E-state index contributed by atoms with van der Waals surface area (Å²) in [5.41, 5.74) is 2.73. The highest BCUT2D eigenvalue weighted by molar-refractivity contribution is 7.92. The first-order valence-corrected chi connectivity index (χ1v) is 11.2. The molecule has 0 aliphatic carbocycles. The van der Waals surface area contributed by atoms with Gasteiger partial charge in [-0.1, -0.05) is 12.1 Å². The fourth-order valence-corrected chi connectivity index (χ4v) is 4.33. The van der Waals surface area contributed by atoms with Gasteiger partial charge in [0.15, 0.2) is 10.6 Å². The van der Waals surface area contributed by atoms with Gasteiger partial charge in [-0.15, -0.1) is 0 Å². The van der Waals surface area contributed by atoms with Crippen molar-refractivity contribution in [3.05, 3.63) is 69.8 Å². The molecular formula is C20H23N5O3S2. The second kappa shape index (κ2) is 8.80. The van der Waals surface area contributed by atoms with Gasteiger partial charge in [0.25, 0.3) is 15.9 Å². The number of carbonyl (C=O) groups is 1. The molecule has 8 nitrogen and oxygen atoms in total. The highest BCUT2D eigenvalue weighted by atomic mass is 32.2. The van der Waals surface area contributed by atoms with E-state index >= 15 is 0 Å². The third kappa shape index (κ3) is 4.60. The molecule has 0 saturated carbocycles. The number of sulfonamides is 1. The molecule has 0 bridgehead atoms. The number of amides is 1. The Morgan fingerprint density at radius 3 is 2.53 bits per heavy atom. The van der Waals surface area contributed by atoms with Crippen LogP contribution in [0.25, 0.3) is 0 Å². The number of aromatic nitrogens is 3. The Morgan fingerprint density at radius 1 is 1.17 bits per heavy atom. The van der Waals surface area contributed by atoms with Crippen molar-refractivity contribution in [2.24, 2.45) is 0 Å². The number of rotatable bonds is 7. The lowest BCUT2D eigenvalue weighted by Gasteiger charge is -2.12. The van der Waals surface area contributed by atoms with Crippen molar-refractivity contribution in [3.8, 4) is 0 Å². The summed E-state index contributed by atoms with van der Waals surface area (Å²) in [5.74, 6) is 0.283. The van der Waals surface area contributed by atoms with Crippen LogP contribution in [0.5, 0.6) is 0 Å². The maximum Gasteiger partial charge on any atom is 0.261 e. The van der Waals surface area contributed by atoms with Crippen LogP contribution in [0.3, 0.4) is 0 Å². The van der Waals surface area contributed by atoms with Crippen molar-refractivity contribution in [1.82, 2.24) is 20.1 Å². The van der Waals surface area contributed by atoms with Crippen LogP contribution in [0.4, 0.5) is 5.69 Å². The van der Waals surface area contributed by atoms with Crippen molar-refractivity contribution in [3.63, 3.8) is 0 Å². The second-order valence-electron chi connectivity index (χ2n) is 6.75. The van der Waals surface area contributed by atoms with Crippen LogP contribution in [-0.2, 0) is 23.1 Å². The number of H-pyrrole nitrogens is 1. The summed E-state index contributed by atoms with van der Waals surface area (Å²) in [6.07, 6.45) is 0. The maximum absolute atomic E-state index is 12.7. The quantitative estimate of drug-likeness (QED) is 0.484. The first kappa shape index (κ1) is 21.7. The van der Waals surface area contributed by atoms with E-state index in [4.69, 9.17) is 12.2 Å². The summed E-state index contributed by atoms with van der Waals surface area (Å²) in [6, 6.07) is 11.2. The monoisotopic (exact) mass is 445 g/mol. The van der Waals surface area contributed by atoms with Crippen molar-refractivity contribution in [2.45, 2.75) is 38.8 Å². The first-order valence-electron chi connectivity index (χ1n) is 9.34. The fraction of sp³-hybridized carbons (Fsp3) is 0.250. The van der Waals surface area contributed by atoms with Crippen molar-refractivity contribution >= 4 is 33.8 Å². The average molecular weight is 446 g/mol. The van der Waals surface area contributed by atoms with Crippen LogP contribution in [0.15, 0.2) is 47.4 Å². The standard InChI is InChI=1S/C20H23N5O3S2/c1-4-25-18(22-23-20(25)29)12-21-19(26)15-8-10-16(11-9-15)30(27,28)24-17-7-5-6-13(2)14(17)3/h5-11,24H,4,12H2,1-3H3,(H,21,26)(H,23,29). The van der Waals surface area contributed by atoms with Crippen molar-refractivity contribution < 1.29 is 13.2 Å². The molecule has 0 atom stereocenters. The van der Waals surface area contributed by atoms with E-state index in [2.05, 4.69) is 20.2 Å². The molecule has 0 aliphatic rings. The predicted octanol–water partition coefficient (Wildman–Crippen LogP) is 3.31. The van der Waals surface area contributed by atoms with Gasteiger partial charge < -0.3 is 9.88 Å². The second-order valence-corrected chi connectivity index (χ2v) is 8.82. The highest BCUT2D eigenvalue weighted by Crippen LogP contribution is 2.22. The molecule has 10 heteroatoms. The molecule has 0 saturated heterocycles. The Kier molecular flexibility index (Phi) is 6.37. The van der Waals surface area contributed by atoms with E-state index in [1.807, 2.05) is 26.8 Å². The number of benzene rings is 2. The van der Waals surface area contributed by atoms with Crippen LogP contribution in [0.2, 0.25) is 0 Å². The predicted molar refractivity (Wildman–Crippen MR) is 117 cm³/mol. The smallest absolute Gasteiger partial charge is 0.261 e. The molecule has 0 aliphatic heterocycles. The molecule has 3 aromatic rings. The molecule has 0 unspecified atom stereocenters. The van der Waals surface area contributed by atoms with Gasteiger partial charge in [0.1, 0.15) is 0 Å². The number of anilines is 1. The van der Waals surface area contributed by atoms with Gasteiger partial charge in [-0.05, 0) is 74.4 Å². The third-order valence-corrected chi connectivity index (χ3v) is 6.53. The zero-order valence-electron chi connectivity index (χ0n) is 16.9.